The van der Waals surface area contributed by atoms with E-state index in [0.29, 0.717) is 17.1 Å². The summed E-state index contributed by atoms with van der Waals surface area (Å²) in [6.45, 7) is 3.51. The average Bonchev–Trinajstić information content (AvgIpc) is 2.99. The number of hydrogen-bond acceptors (Lipinski definition) is 5. The largest absolute Gasteiger partial charge is 0.312 e. The lowest BCUT2D eigenvalue weighted by Gasteiger charge is -2.07. The molecule has 0 fully saturated rings. The summed E-state index contributed by atoms with van der Waals surface area (Å²) in [6.07, 6.45) is 4.12. The highest BCUT2D eigenvalue weighted by molar-refractivity contribution is 7.93. The van der Waals surface area contributed by atoms with Gasteiger partial charge in [-0.2, -0.15) is 5.10 Å². The van der Waals surface area contributed by atoms with Crippen LogP contribution >= 0.6 is 11.3 Å². The van der Waals surface area contributed by atoms with Crippen molar-refractivity contribution in [2.24, 2.45) is 7.05 Å². The number of nitrogens with one attached hydrogen (secondary N) is 2. The van der Waals surface area contributed by atoms with Crippen LogP contribution in [0, 0.1) is 0 Å². The molecule has 2 aromatic rings. The van der Waals surface area contributed by atoms with Crippen LogP contribution in [0.4, 0.5) is 5.69 Å². The maximum atomic E-state index is 12.4. The number of aryl methyl sites for hydroxylation is 1. The Morgan fingerprint density at radius 2 is 2.25 bits per heavy atom. The molecule has 0 aliphatic heterocycles. The van der Waals surface area contributed by atoms with Gasteiger partial charge < -0.3 is 5.32 Å². The van der Waals surface area contributed by atoms with Gasteiger partial charge in [0, 0.05) is 24.7 Å². The molecule has 110 valence electrons. The van der Waals surface area contributed by atoms with Crippen LogP contribution in [0.15, 0.2) is 28.7 Å². The zero-order valence-electron chi connectivity index (χ0n) is 11.5. The van der Waals surface area contributed by atoms with Gasteiger partial charge in [0.1, 0.15) is 4.90 Å². The second kappa shape index (κ2) is 6.38. The summed E-state index contributed by atoms with van der Waals surface area (Å²) in [7, 11) is -1.82. The van der Waals surface area contributed by atoms with Crippen LogP contribution in [-0.4, -0.2) is 24.7 Å². The first-order valence-corrected chi connectivity index (χ1v) is 8.67. The molecule has 8 heteroatoms. The number of thiophene rings is 1. The fourth-order valence-corrected chi connectivity index (χ4v) is 4.20. The molecule has 2 heterocycles. The van der Waals surface area contributed by atoms with Crippen molar-refractivity contribution in [1.29, 1.82) is 0 Å². The van der Waals surface area contributed by atoms with E-state index < -0.39 is 10.0 Å². The first-order valence-electron chi connectivity index (χ1n) is 6.31. The van der Waals surface area contributed by atoms with Gasteiger partial charge in [0.25, 0.3) is 10.0 Å². The lowest BCUT2D eigenvalue weighted by Crippen LogP contribution is -2.17. The minimum absolute atomic E-state index is 0.329. The van der Waals surface area contributed by atoms with Crippen molar-refractivity contribution in [2.75, 3.05) is 11.3 Å². The van der Waals surface area contributed by atoms with Crippen molar-refractivity contribution >= 4 is 27.0 Å². The third-order valence-electron chi connectivity index (χ3n) is 2.66. The van der Waals surface area contributed by atoms with Crippen LogP contribution in [0.2, 0.25) is 0 Å². The summed E-state index contributed by atoms with van der Waals surface area (Å²) in [6, 6.07) is 1.63. The third-order valence-corrected chi connectivity index (χ3v) is 5.18. The molecule has 2 aromatic heterocycles. The van der Waals surface area contributed by atoms with E-state index in [4.69, 9.17) is 0 Å². The van der Waals surface area contributed by atoms with Gasteiger partial charge in [-0.25, -0.2) is 8.42 Å². The highest BCUT2D eigenvalue weighted by Crippen LogP contribution is 2.24. The standard InChI is InChI=1S/C12H18N4O2S2/c1-3-5-13-8-11-12(4-6-19-11)20(17,18)15-10-7-14-16(2)9-10/h4,6-7,9,13,15H,3,5,8H2,1-2H3. The van der Waals surface area contributed by atoms with Crippen molar-refractivity contribution in [3.8, 4) is 0 Å². The van der Waals surface area contributed by atoms with Gasteiger partial charge in [-0.05, 0) is 24.4 Å². The van der Waals surface area contributed by atoms with E-state index in [2.05, 4.69) is 22.1 Å². The Bertz CT molecular complexity index is 661. The van der Waals surface area contributed by atoms with Gasteiger partial charge in [0.2, 0.25) is 0 Å². The normalized spacial score (nSPS) is 11.7. The van der Waals surface area contributed by atoms with E-state index >= 15 is 0 Å². The maximum absolute atomic E-state index is 12.4. The third kappa shape index (κ3) is 3.59. The van der Waals surface area contributed by atoms with E-state index in [9.17, 15) is 8.42 Å². The molecule has 2 rings (SSSR count). The zero-order chi connectivity index (χ0) is 14.6. The molecule has 0 bridgehead atoms. The number of nitrogens with zero attached hydrogens (tertiary/aromatic N) is 2. The minimum Gasteiger partial charge on any atom is -0.312 e. The number of rotatable bonds is 7. The molecule has 0 amide bonds. The van der Waals surface area contributed by atoms with Gasteiger partial charge in [0.05, 0.1) is 11.9 Å². The molecule has 0 aliphatic rings. The molecule has 6 nitrogen and oxygen atoms in total. The number of aromatic nitrogens is 2. The molecule has 0 radical (unpaired) electrons. The molecular weight excluding hydrogens is 296 g/mol. The van der Waals surface area contributed by atoms with Gasteiger partial charge >= 0.3 is 0 Å². The van der Waals surface area contributed by atoms with E-state index in [1.165, 1.54) is 17.5 Å². The average molecular weight is 314 g/mol. The molecule has 0 aliphatic carbocycles. The van der Waals surface area contributed by atoms with Crippen LogP contribution in [0.3, 0.4) is 0 Å². The smallest absolute Gasteiger partial charge is 0.263 e. The fraction of sp³-hybridized carbons (Fsp3) is 0.417. The first-order chi connectivity index (χ1) is 9.53. The van der Waals surface area contributed by atoms with Gasteiger partial charge in [-0.1, -0.05) is 6.92 Å². The predicted octanol–water partition coefficient (Wildman–Crippen LogP) is 1.78. The Balaban J connectivity index is 2.15. The highest BCUT2D eigenvalue weighted by atomic mass is 32.2. The first kappa shape index (κ1) is 15.0. The summed E-state index contributed by atoms with van der Waals surface area (Å²) in [4.78, 5) is 1.14. The Labute approximate surface area is 122 Å². The Hall–Kier alpha value is -1.38. The molecule has 0 aromatic carbocycles. The summed E-state index contributed by atoms with van der Waals surface area (Å²) >= 11 is 1.44. The molecule has 0 atom stereocenters. The van der Waals surface area contributed by atoms with Crippen molar-refractivity contribution in [3.05, 3.63) is 28.7 Å². The van der Waals surface area contributed by atoms with Crippen LogP contribution < -0.4 is 10.0 Å². The van der Waals surface area contributed by atoms with E-state index in [1.54, 1.807) is 29.4 Å². The zero-order valence-corrected chi connectivity index (χ0v) is 13.1. The lowest BCUT2D eigenvalue weighted by atomic mass is 10.4. The summed E-state index contributed by atoms with van der Waals surface area (Å²) in [5, 5.41) is 8.96. The second-order valence-corrected chi connectivity index (χ2v) is 7.04. The van der Waals surface area contributed by atoms with Gasteiger partial charge in [-0.3, -0.25) is 9.40 Å². The second-order valence-electron chi connectivity index (χ2n) is 4.39. The SMILES string of the molecule is CCCNCc1sccc1S(=O)(=O)Nc1cnn(C)c1. The number of anilines is 1. The van der Waals surface area contributed by atoms with Crippen molar-refractivity contribution in [3.63, 3.8) is 0 Å². The molecule has 0 saturated heterocycles. The molecular formula is C12H18N4O2S2. The fourth-order valence-electron chi connectivity index (χ4n) is 1.76. The predicted molar refractivity (Wildman–Crippen MR) is 80.3 cm³/mol. The number of hydrogen-bond donors (Lipinski definition) is 2. The molecule has 0 saturated carbocycles. The summed E-state index contributed by atoms with van der Waals surface area (Å²) in [5.41, 5.74) is 0.464. The van der Waals surface area contributed by atoms with E-state index in [-0.39, 0.29) is 0 Å². The van der Waals surface area contributed by atoms with Crippen LogP contribution in [-0.2, 0) is 23.6 Å². The van der Waals surface area contributed by atoms with E-state index in [1.807, 2.05) is 0 Å². The van der Waals surface area contributed by atoms with Crippen molar-refractivity contribution in [2.45, 2.75) is 24.8 Å². The van der Waals surface area contributed by atoms with Gasteiger partial charge in [0.15, 0.2) is 0 Å². The summed E-state index contributed by atoms with van der Waals surface area (Å²) in [5.74, 6) is 0. The highest BCUT2D eigenvalue weighted by Gasteiger charge is 2.20. The molecule has 0 unspecified atom stereocenters. The van der Waals surface area contributed by atoms with E-state index in [0.717, 1.165) is 17.8 Å². The van der Waals surface area contributed by atoms with Crippen molar-refractivity contribution < 1.29 is 8.42 Å². The van der Waals surface area contributed by atoms with Crippen LogP contribution in [0.25, 0.3) is 0 Å². The molecule has 2 N–H and O–H groups in total. The van der Waals surface area contributed by atoms with Crippen LogP contribution in [0.5, 0.6) is 0 Å². The monoisotopic (exact) mass is 314 g/mol. The molecule has 20 heavy (non-hydrogen) atoms. The Morgan fingerprint density at radius 1 is 1.45 bits per heavy atom. The van der Waals surface area contributed by atoms with Crippen LogP contribution in [0.1, 0.15) is 18.2 Å². The summed E-state index contributed by atoms with van der Waals surface area (Å²) < 4.78 is 28.8. The molecule has 0 spiro atoms. The van der Waals surface area contributed by atoms with Gasteiger partial charge in [-0.15, -0.1) is 11.3 Å². The maximum Gasteiger partial charge on any atom is 0.263 e. The lowest BCUT2D eigenvalue weighted by molar-refractivity contribution is 0.599. The quantitative estimate of drug-likeness (QED) is 0.764. The Morgan fingerprint density at radius 3 is 2.90 bits per heavy atom. The van der Waals surface area contributed by atoms with Crippen molar-refractivity contribution in [1.82, 2.24) is 15.1 Å². The topological polar surface area (TPSA) is 76.0 Å². The Kier molecular flexibility index (Phi) is 4.79. The number of sulfonamides is 1. The minimum atomic E-state index is -3.56.